The van der Waals surface area contributed by atoms with Gasteiger partial charge in [0, 0.05) is 18.4 Å². The first-order valence-electron chi connectivity index (χ1n) is 13.3. The molecule has 0 saturated carbocycles. The minimum absolute atomic E-state index is 0.601. The smallest absolute Gasteiger partial charge is 0.120 e. The van der Waals surface area contributed by atoms with Gasteiger partial charge in [0.2, 0.25) is 0 Å². The molecule has 2 heteroatoms. The minimum atomic E-state index is 0.601. The molecule has 4 aromatic rings. The zero-order valence-electron chi connectivity index (χ0n) is 22.2. The maximum Gasteiger partial charge on any atom is 0.120 e. The molecule has 0 aliphatic carbocycles. The molecule has 0 fully saturated rings. The van der Waals surface area contributed by atoms with E-state index in [2.05, 4.69) is 124 Å². The van der Waals surface area contributed by atoms with Crippen LogP contribution >= 0.6 is 0 Å². The summed E-state index contributed by atoms with van der Waals surface area (Å²) in [6.07, 6.45) is 4.88. The Bertz CT molecular complexity index is 1210. The first-order chi connectivity index (χ1) is 17.6. The van der Waals surface area contributed by atoms with Crippen molar-refractivity contribution in [2.24, 2.45) is 5.92 Å². The summed E-state index contributed by atoms with van der Waals surface area (Å²) >= 11 is 0. The molecule has 4 aromatic carbocycles. The van der Waals surface area contributed by atoms with E-state index in [1.54, 1.807) is 0 Å². The highest BCUT2D eigenvalue weighted by molar-refractivity contribution is 5.76. The number of hydrogen-bond donors (Lipinski definition) is 0. The van der Waals surface area contributed by atoms with Crippen molar-refractivity contribution < 1.29 is 4.74 Å². The van der Waals surface area contributed by atoms with Gasteiger partial charge >= 0.3 is 0 Å². The Labute approximate surface area is 217 Å². The molecule has 2 nitrogen and oxygen atoms in total. The van der Waals surface area contributed by atoms with Crippen LogP contribution < -0.4 is 9.64 Å². The van der Waals surface area contributed by atoms with Gasteiger partial charge in [0.25, 0.3) is 0 Å². The normalized spacial score (nSPS) is 11.8. The van der Waals surface area contributed by atoms with Crippen LogP contribution in [0.25, 0.3) is 22.3 Å². The summed E-state index contributed by atoms with van der Waals surface area (Å²) in [5.41, 5.74) is 8.39. The van der Waals surface area contributed by atoms with Crippen molar-refractivity contribution in [3.63, 3.8) is 0 Å². The molecule has 0 N–H and O–H groups in total. The third-order valence-electron chi connectivity index (χ3n) is 7.05. The van der Waals surface area contributed by atoms with Crippen LogP contribution in [-0.4, -0.2) is 13.7 Å². The summed E-state index contributed by atoms with van der Waals surface area (Å²) in [6, 6.07) is 34.7. The largest absolute Gasteiger partial charge is 0.493 e. The summed E-state index contributed by atoms with van der Waals surface area (Å²) in [7, 11) is 2.11. The fourth-order valence-corrected chi connectivity index (χ4v) is 4.55. The Morgan fingerprint density at radius 2 is 1.28 bits per heavy atom. The number of anilines is 2. The predicted octanol–water partition coefficient (Wildman–Crippen LogP) is 9.69. The van der Waals surface area contributed by atoms with Gasteiger partial charge < -0.3 is 9.64 Å². The van der Waals surface area contributed by atoms with Crippen LogP contribution in [0.2, 0.25) is 0 Å². The highest BCUT2D eigenvalue weighted by atomic mass is 16.5. The third-order valence-corrected chi connectivity index (χ3v) is 7.05. The van der Waals surface area contributed by atoms with Gasteiger partial charge in [0.15, 0.2) is 0 Å². The van der Waals surface area contributed by atoms with Gasteiger partial charge in [-0.15, -0.1) is 0 Å². The van der Waals surface area contributed by atoms with E-state index in [-0.39, 0.29) is 0 Å². The lowest BCUT2D eigenvalue weighted by Crippen LogP contribution is -2.11. The van der Waals surface area contributed by atoms with Crippen LogP contribution in [0.5, 0.6) is 5.75 Å². The maximum atomic E-state index is 6.42. The Kier molecular flexibility index (Phi) is 8.84. The molecular formula is C34H39NO. The molecule has 0 bridgehead atoms. The molecule has 0 amide bonds. The summed E-state index contributed by atoms with van der Waals surface area (Å²) in [6.45, 7) is 7.43. The van der Waals surface area contributed by atoms with Crippen LogP contribution in [-0.2, 0) is 0 Å². The van der Waals surface area contributed by atoms with Gasteiger partial charge in [-0.3, -0.25) is 0 Å². The van der Waals surface area contributed by atoms with Gasteiger partial charge in [-0.25, -0.2) is 0 Å². The number of nitrogens with zero attached hydrogens (tertiary/aromatic N) is 1. The highest BCUT2D eigenvalue weighted by Gasteiger charge is 2.11. The molecule has 1 atom stereocenters. The predicted molar refractivity (Wildman–Crippen MR) is 155 cm³/mol. The summed E-state index contributed by atoms with van der Waals surface area (Å²) in [4.78, 5) is 2.21. The molecule has 0 radical (unpaired) electrons. The van der Waals surface area contributed by atoms with E-state index in [4.69, 9.17) is 4.74 Å². The molecule has 0 spiro atoms. The first kappa shape index (κ1) is 25.6. The van der Waals surface area contributed by atoms with Crippen molar-refractivity contribution in [1.29, 1.82) is 0 Å². The Hall–Kier alpha value is -3.52. The molecule has 186 valence electrons. The van der Waals surface area contributed by atoms with E-state index < -0.39 is 0 Å². The number of hydrogen-bond acceptors (Lipinski definition) is 2. The molecule has 0 aliphatic rings. The van der Waals surface area contributed by atoms with E-state index in [0.29, 0.717) is 5.92 Å². The van der Waals surface area contributed by atoms with Crippen LogP contribution in [0.15, 0.2) is 97.1 Å². The molecular weight excluding hydrogens is 438 g/mol. The van der Waals surface area contributed by atoms with E-state index in [9.17, 15) is 0 Å². The number of ether oxygens (including phenoxy) is 1. The maximum absolute atomic E-state index is 6.42. The second-order valence-corrected chi connectivity index (χ2v) is 9.78. The van der Waals surface area contributed by atoms with E-state index in [0.717, 1.165) is 24.5 Å². The zero-order chi connectivity index (χ0) is 25.3. The van der Waals surface area contributed by atoms with Gasteiger partial charge in [-0.05, 0) is 84.0 Å². The minimum Gasteiger partial charge on any atom is -0.493 e. The van der Waals surface area contributed by atoms with Gasteiger partial charge in [-0.1, -0.05) is 93.3 Å². The highest BCUT2D eigenvalue weighted by Crippen LogP contribution is 2.34. The van der Waals surface area contributed by atoms with Gasteiger partial charge in [0.05, 0.1) is 6.61 Å². The number of para-hydroxylation sites is 1. The first-order valence-corrected chi connectivity index (χ1v) is 13.3. The monoisotopic (exact) mass is 477 g/mol. The van der Waals surface area contributed by atoms with Crippen LogP contribution in [0, 0.1) is 12.8 Å². The standard InChI is InChI=1S/C34H39NO/c1-5-7-11-27(6-2)25-36-34-23-30(28-16-14-26(3)15-17-28)22-31(24-34)29-18-20-33(21-19-29)35(4)32-12-9-8-10-13-32/h8-10,12-24,27H,5-7,11,25H2,1-4H3. The topological polar surface area (TPSA) is 12.5 Å². The molecule has 1 unspecified atom stereocenters. The lowest BCUT2D eigenvalue weighted by molar-refractivity contribution is 0.233. The molecule has 0 aromatic heterocycles. The van der Waals surface area contributed by atoms with E-state index >= 15 is 0 Å². The van der Waals surface area contributed by atoms with Crippen LogP contribution in [0.3, 0.4) is 0 Å². The van der Waals surface area contributed by atoms with Crippen molar-refractivity contribution in [2.45, 2.75) is 46.5 Å². The van der Waals surface area contributed by atoms with Crippen molar-refractivity contribution in [2.75, 3.05) is 18.6 Å². The number of unbranched alkanes of at least 4 members (excludes halogenated alkanes) is 1. The van der Waals surface area contributed by atoms with Crippen molar-refractivity contribution in [3.05, 3.63) is 103 Å². The Morgan fingerprint density at radius 1 is 0.694 bits per heavy atom. The van der Waals surface area contributed by atoms with Crippen molar-refractivity contribution in [3.8, 4) is 28.0 Å². The lowest BCUT2D eigenvalue weighted by atomic mass is 9.97. The molecule has 36 heavy (non-hydrogen) atoms. The zero-order valence-corrected chi connectivity index (χ0v) is 22.2. The Balaban J connectivity index is 1.62. The second-order valence-electron chi connectivity index (χ2n) is 9.78. The fourth-order valence-electron chi connectivity index (χ4n) is 4.55. The third kappa shape index (κ3) is 6.57. The number of benzene rings is 4. The quantitative estimate of drug-likeness (QED) is 0.213. The molecule has 0 saturated heterocycles. The van der Waals surface area contributed by atoms with Gasteiger partial charge in [0.1, 0.15) is 5.75 Å². The molecule has 0 aliphatic heterocycles. The van der Waals surface area contributed by atoms with Crippen LogP contribution in [0.4, 0.5) is 11.4 Å². The number of rotatable bonds is 11. The van der Waals surface area contributed by atoms with E-state index in [1.807, 2.05) is 6.07 Å². The summed E-state index contributed by atoms with van der Waals surface area (Å²) in [5.74, 6) is 1.55. The van der Waals surface area contributed by atoms with Crippen molar-refractivity contribution in [1.82, 2.24) is 0 Å². The molecule has 0 heterocycles. The lowest BCUT2D eigenvalue weighted by Gasteiger charge is -2.20. The second kappa shape index (κ2) is 12.4. The summed E-state index contributed by atoms with van der Waals surface area (Å²) < 4.78 is 6.42. The van der Waals surface area contributed by atoms with Gasteiger partial charge in [-0.2, -0.15) is 0 Å². The average Bonchev–Trinajstić information content (AvgIpc) is 2.93. The van der Waals surface area contributed by atoms with Crippen molar-refractivity contribution >= 4 is 11.4 Å². The summed E-state index contributed by atoms with van der Waals surface area (Å²) in [5, 5.41) is 0. The molecule has 4 rings (SSSR count). The van der Waals surface area contributed by atoms with E-state index in [1.165, 1.54) is 52.8 Å². The SMILES string of the molecule is CCCCC(CC)COc1cc(-c2ccc(C)cc2)cc(-c2ccc(N(C)c3ccccc3)cc2)c1. The fraction of sp³-hybridized carbons (Fsp3) is 0.294. The average molecular weight is 478 g/mol. The Morgan fingerprint density at radius 3 is 1.86 bits per heavy atom. The number of aryl methyl sites for hydroxylation is 1. The van der Waals surface area contributed by atoms with Crippen LogP contribution in [0.1, 0.15) is 45.1 Å².